The molecular formula is C16H28N2O3. The summed E-state index contributed by atoms with van der Waals surface area (Å²) >= 11 is 0. The van der Waals surface area contributed by atoms with E-state index in [-0.39, 0.29) is 36.5 Å². The Balaban J connectivity index is 1.99. The summed E-state index contributed by atoms with van der Waals surface area (Å²) < 4.78 is 0. The van der Waals surface area contributed by atoms with Gasteiger partial charge in [0, 0.05) is 31.6 Å². The molecule has 0 radical (unpaired) electrons. The molecule has 0 spiro atoms. The van der Waals surface area contributed by atoms with E-state index in [1.807, 2.05) is 16.8 Å². The first kappa shape index (κ1) is 16.1. The summed E-state index contributed by atoms with van der Waals surface area (Å²) in [4.78, 5) is 27.6. The SMILES string of the molecule is CCCC(C)N(C)C(=O)N1C2CCC1CC(CC(=O)O)C2. The van der Waals surface area contributed by atoms with Crippen molar-refractivity contribution in [2.45, 2.75) is 76.9 Å². The quantitative estimate of drug-likeness (QED) is 0.848. The second-order valence-corrected chi connectivity index (χ2v) is 6.76. The van der Waals surface area contributed by atoms with E-state index in [0.29, 0.717) is 0 Å². The summed E-state index contributed by atoms with van der Waals surface area (Å²) in [6.07, 6.45) is 6.11. The Hall–Kier alpha value is -1.26. The maximum absolute atomic E-state index is 12.7. The minimum absolute atomic E-state index is 0.136. The van der Waals surface area contributed by atoms with E-state index in [1.165, 1.54) is 0 Å². The van der Waals surface area contributed by atoms with Gasteiger partial charge in [0.15, 0.2) is 0 Å². The lowest BCUT2D eigenvalue weighted by atomic mass is 9.88. The highest BCUT2D eigenvalue weighted by Crippen LogP contribution is 2.40. The number of hydrogen-bond donors (Lipinski definition) is 1. The minimum Gasteiger partial charge on any atom is -0.481 e. The molecule has 2 heterocycles. The molecule has 0 aromatic carbocycles. The summed E-state index contributed by atoms with van der Waals surface area (Å²) in [6, 6.07) is 0.893. The summed E-state index contributed by atoms with van der Waals surface area (Å²) in [5.74, 6) is -0.477. The van der Waals surface area contributed by atoms with E-state index in [4.69, 9.17) is 5.11 Å². The Morgan fingerprint density at radius 1 is 1.29 bits per heavy atom. The molecule has 0 aliphatic carbocycles. The van der Waals surface area contributed by atoms with Crippen LogP contribution < -0.4 is 0 Å². The number of carboxylic acid groups (broad SMARTS) is 1. The summed E-state index contributed by atoms with van der Waals surface area (Å²) in [7, 11) is 1.89. The van der Waals surface area contributed by atoms with Gasteiger partial charge in [0.25, 0.3) is 0 Å². The molecule has 2 fully saturated rings. The van der Waals surface area contributed by atoms with E-state index >= 15 is 0 Å². The van der Waals surface area contributed by atoms with Crippen LogP contribution in [-0.2, 0) is 4.79 Å². The number of urea groups is 1. The predicted molar refractivity (Wildman–Crippen MR) is 81.2 cm³/mol. The molecule has 2 bridgehead atoms. The van der Waals surface area contributed by atoms with Gasteiger partial charge in [-0.3, -0.25) is 4.79 Å². The van der Waals surface area contributed by atoms with Crippen LogP contribution in [0.15, 0.2) is 0 Å². The first-order chi connectivity index (χ1) is 9.93. The maximum Gasteiger partial charge on any atom is 0.320 e. The molecule has 120 valence electrons. The molecule has 0 saturated carbocycles. The fourth-order valence-corrected chi connectivity index (χ4v) is 4.00. The van der Waals surface area contributed by atoms with E-state index in [9.17, 15) is 9.59 Å². The van der Waals surface area contributed by atoms with Crippen molar-refractivity contribution in [2.75, 3.05) is 7.05 Å². The van der Waals surface area contributed by atoms with Crippen LogP contribution in [-0.4, -0.2) is 52.1 Å². The van der Waals surface area contributed by atoms with Gasteiger partial charge >= 0.3 is 12.0 Å². The van der Waals surface area contributed by atoms with Crippen LogP contribution in [0.3, 0.4) is 0 Å². The Kier molecular flexibility index (Phi) is 5.12. The van der Waals surface area contributed by atoms with Crippen molar-refractivity contribution in [3.63, 3.8) is 0 Å². The number of amides is 2. The van der Waals surface area contributed by atoms with Crippen LogP contribution in [0.2, 0.25) is 0 Å². The van der Waals surface area contributed by atoms with E-state index < -0.39 is 5.97 Å². The molecule has 2 aliphatic heterocycles. The Morgan fingerprint density at radius 2 is 1.86 bits per heavy atom. The van der Waals surface area contributed by atoms with Crippen molar-refractivity contribution in [3.05, 3.63) is 0 Å². The van der Waals surface area contributed by atoms with Crippen molar-refractivity contribution in [2.24, 2.45) is 5.92 Å². The molecule has 3 unspecified atom stereocenters. The molecule has 2 amide bonds. The second-order valence-electron chi connectivity index (χ2n) is 6.76. The van der Waals surface area contributed by atoms with Gasteiger partial charge in [0.1, 0.15) is 0 Å². The van der Waals surface area contributed by atoms with Gasteiger partial charge in [0.2, 0.25) is 0 Å². The number of rotatable bonds is 5. The monoisotopic (exact) mass is 296 g/mol. The van der Waals surface area contributed by atoms with Gasteiger partial charge in [-0.2, -0.15) is 0 Å². The highest BCUT2D eigenvalue weighted by atomic mass is 16.4. The molecule has 5 nitrogen and oxygen atoms in total. The second kappa shape index (κ2) is 6.67. The van der Waals surface area contributed by atoms with Crippen LogP contribution in [0.25, 0.3) is 0 Å². The fourth-order valence-electron chi connectivity index (χ4n) is 4.00. The smallest absolute Gasteiger partial charge is 0.320 e. The number of nitrogens with zero attached hydrogens (tertiary/aromatic N) is 2. The van der Waals surface area contributed by atoms with E-state index in [2.05, 4.69) is 13.8 Å². The predicted octanol–water partition coefficient (Wildman–Crippen LogP) is 2.94. The third-order valence-corrected chi connectivity index (χ3v) is 5.18. The number of carboxylic acids is 1. The lowest BCUT2D eigenvalue weighted by molar-refractivity contribution is -0.138. The topological polar surface area (TPSA) is 60.9 Å². The fraction of sp³-hybridized carbons (Fsp3) is 0.875. The van der Waals surface area contributed by atoms with Crippen molar-refractivity contribution in [1.82, 2.24) is 9.80 Å². The zero-order chi connectivity index (χ0) is 15.6. The van der Waals surface area contributed by atoms with Gasteiger partial charge in [0.05, 0.1) is 0 Å². The molecule has 2 aliphatic rings. The lowest BCUT2D eigenvalue weighted by Crippen LogP contribution is -2.53. The molecule has 1 N–H and O–H groups in total. The van der Waals surface area contributed by atoms with Crippen molar-refractivity contribution >= 4 is 12.0 Å². The third kappa shape index (κ3) is 3.50. The van der Waals surface area contributed by atoms with Gasteiger partial charge in [-0.25, -0.2) is 4.79 Å². The van der Waals surface area contributed by atoms with E-state index in [0.717, 1.165) is 38.5 Å². The normalized spacial score (nSPS) is 29.3. The Bertz CT molecular complexity index is 385. The highest BCUT2D eigenvalue weighted by molar-refractivity contribution is 5.76. The zero-order valence-corrected chi connectivity index (χ0v) is 13.4. The first-order valence-electron chi connectivity index (χ1n) is 8.20. The van der Waals surface area contributed by atoms with Gasteiger partial charge < -0.3 is 14.9 Å². The number of carbonyl (C=O) groups excluding carboxylic acids is 1. The maximum atomic E-state index is 12.7. The zero-order valence-electron chi connectivity index (χ0n) is 13.4. The summed E-state index contributed by atoms with van der Waals surface area (Å²) in [5, 5.41) is 8.97. The Morgan fingerprint density at radius 3 is 2.33 bits per heavy atom. The van der Waals surface area contributed by atoms with Crippen molar-refractivity contribution in [3.8, 4) is 0 Å². The third-order valence-electron chi connectivity index (χ3n) is 5.18. The van der Waals surface area contributed by atoms with Crippen LogP contribution in [0, 0.1) is 5.92 Å². The highest BCUT2D eigenvalue weighted by Gasteiger charge is 2.44. The molecule has 5 heteroatoms. The summed E-state index contributed by atoms with van der Waals surface area (Å²) in [6.45, 7) is 4.23. The van der Waals surface area contributed by atoms with Crippen molar-refractivity contribution < 1.29 is 14.7 Å². The van der Waals surface area contributed by atoms with Crippen molar-refractivity contribution in [1.29, 1.82) is 0 Å². The largest absolute Gasteiger partial charge is 0.481 e. The van der Waals surface area contributed by atoms with E-state index in [1.54, 1.807) is 0 Å². The average molecular weight is 296 g/mol. The first-order valence-corrected chi connectivity index (χ1v) is 8.20. The number of aliphatic carboxylic acids is 1. The van der Waals surface area contributed by atoms with Crippen LogP contribution in [0.5, 0.6) is 0 Å². The molecule has 2 rings (SSSR count). The molecule has 2 saturated heterocycles. The Labute approximate surface area is 127 Å². The van der Waals surface area contributed by atoms with Crippen LogP contribution >= 0.6 is 0 Å². The molecule has 0 aromatic heterocycles. The minimum atomic E-state index is -0.715. The number of hydrogen-bond acceptors (Lipinski definition) is 2. The molecule has 0 aromatic rings. The molecular weight excluding hydrogens is 268 g/mol. The number of fused-ring (bicyclic) bond motifs is 2. The van der Waals surface area contributed by atoms with Crippen LogP contribution in [0.4, 0.5) is 4.79 Å². The standard InChI is InChI=1S/C16H28N2O3/c1-4-5-11(2)17(3)16(21)18-13-6-7-14(18)9-12(8-13)10-15(19)20/h11-14H,4-10H2,1-3H3,(H,19,20). The van der Waals surface area contributed by atoms with Gasteiger partial charge in [-0.05, 0) is 44.9 Å². The lowest BCUT2D eigenvalue weighted by Gasteiger charge is -2.41. The molecule has 21 heavy (non-hydrogen) atoms. The molecule has 3 atom stereocenters. The average Bonchev–Trinajstić information content (AvgIpc) is 2.68. The van der Waals surface area contributed by atoms with Gasteiger partial charge in [-0.15, -0.1) is 0 Å². The number of carbonyl (C=O) groups is 2. The van der Waals surface area contributed by atoms with Gasteiger partial charge in [-0.1, -0.05) is 13.3 Å². The van der Waals surface area contributed by atoms with Crippen LogP contribution in [0.1, 0.15) is 58.8 Å². The number of piperidine rings is 1. The summed E-state index contributed by atoms with van der Waals surface area (Å²) in [5.41, 5.74) is 0.